The molecule has 3 nitrogen and oxygen atoms in total. The molecule has 1 aromatic carbocycles. The molecule has 0 saturated heterocycles. The Morgan fingerprint density at radius 3 is 2.70 bits per heavy atom. The van der Waals surface area contributed by atoms with Crippen molar-refractivity contribution in [1.29, 1.82) is 0 Å². The molecule has 1 fully saturated rings. The molecule has 0 atom stereocenters. The lowest BCUT2D eigenvalue weighted by Gasteiger charge is -2.28. The average Bonchev–Trinajstić information content (AvgIpc) is 2.46. The van der Waals surface area contributed by atoms with E-state index in [2.05, 4.69) is 33.5 Å². The van der Waals surface area contributed by atoms with Crippen LogP contribution in [0, 0.1) is 5.92 Å². The predicted molar refractivity (Wildman–Crippen MR) is 86.8 cm³/mol. The van der Waals surface area contributed by atoms with E-state index in [4.69, 9.17) is 0 Å². The summed E-state index contributed by atoms with van der Waals surface area (Å²) in [4.78, 5) is 11.9. The Labute approximate surface area is 129 Å². The van der Waals surface area contributed by atoms with Gasteiger partial charge in [-0.05, 0) is 49.8 Å². The van der Waals surface area contributed by atoms with Crippen LogP contribution in [-0.2, 0) is 4.79 Å². The largest absolute Gasteiger partial charge is 0.325 e. The summed E-state index contributed by atoms with van der Waals surface area (Å²) in [6.07, 6.45) is 6.27. The Morgan fingerprint density at radius 2 is 2.05 bits per heavy atom. The zero-order valence-electron chi connectivity index (χ0n) is 12.0. The first kappa shape index (κ1) is 15.5. The maximum Gasteiger partial charge on any atom is 0.238 e. The van der Waals surface area contributed by atoms with E-state index in [9.17, 15) is 4.79 Å². The molecule has 20 heavy (non-hydrogen) atoms. The van der Waals surface area contributed by atoms with Crippen LogP contribution in [0.25, 0.3) is 0 Å². The van der Waals surface area contributed by atoms with Gasteiger partial charge in [0, 0.05) is 16.2 Å². The van der Waals surface area contributed by atoms with Crippen LogP contribution >= 0.6 is 15.9 Å². The van der Waals surface area contributed by atoms with Crippen molar-refractivity contribution in [3.05, 3.63) is 28.7 Å². The monoisotopic (exact) mass is 338 g/mol. The van der Waals surface area contributed by atoms with E-state index in [1.54, 1.807) is 0 Å². The molecule has 1 aromatic rings. The van der Waals surface area contributed by atoms with Gasteiger partial charge < -0.3 is 10.6 Å². The van der Waals surface area contributed by atoms with Crippen molar-refractivity contribution in [3.8, 4) is 0 Å². The van der Waals surface area contributed by atoms with Gasteiger partial charge in [-0.1, -0.05) is 35.3 Å². The third-order valence-corrected chi connectivity index (χ3v) is 4.58. The molecule has 0 bridgehead atoms. The minimum Gasteiger partial charge on any atom is -0.325 e. The molecule has 4 heteroatoms. The summed E-state index contributed by atoms with van der Waals surface area (Å²) in [6.45, 7) is 2.66. The lowest BCUT2D eigenvalue weighted by atomic mass is 9.84. The Kier molecular flexibility index (Phi) is 6.05. The van der Waals surface area contributed by atoms with E-state index >= 15 is 0 Å². The molecule has 1 aliphatic rings. The molecule has 0 aromatic heterocycles. The lowest BCUT2D eigenvalue weighted by Crippen LogP contribution is -2.38. The fraction of sp³-hybridized carbons (Fsp3) is 0.562. The summed E-state index contributed by atoms with van der Waals surface area (Å²) in [5, 5.41) is 6.29. The molecule has 0 aliphatic heterocycles. The van der Waals surface area contributed by atoms with E-state index in [1.165, 1.54) is 32.1 Å². The van der Waals surface area contributed by atoms with Crippen molar-refractivity contribution < 1.29 is 4.79 Å². The standard InChI is InChI=1S/C16H23BrN2O/c1-2-12-6-8-14(9-7-12)18-11-16(20)19-15-5-3-4-13(17)10-15/h3-5,10,12,14,18H,2,6-9,11H2,1H3,(H,19,20). The quantitative estimate of drug-likeness (QED) is 0.853. The Hall–Kier alpha value is -0.870. The lowest BCUT2D eigenvalue weighted by molar-refractivity contribution is -0.115. The van der Waals surface area contributed by atoms with Crippen LogP contribution in [0.3, 0.4) is 0 Å². The van der Waals surface area contributed by atoms with Gasteiger partial charge in [0.25, 0.3) is 0 Å². The fourth-order valence-corrected chi connectivity index (χ4v) is 3.18. The zero-order chi connectivity index (χ0) is 14.4. The van der Waals surface area contributed by atoms with Gasteiger partial charge in [0.15, 0.2) is 0 Å². The van der Waals surface area contributed by atoms with E-state index in [1.807, 2.05) is 24.3 Å². The highest BCUT2D eigenvalue weighted by atomic mass is 79.9. The zero-order valence-corrected chi connectivity index (χ0v) is 13.6. The second-order valence-corrected chi connectivity index (χ2v) is 6.48. The molecule has 2 rings (SSSR count). The van der Waals surface area contributed by atoms with Gasteiger partial charge in [-0.15, -0.1) is 0 Å². The van der Waals surface area contributed by atoms with Crippen LogP contribution in [0.5, 0.6) is 0 Å². The molecule has 1 amide bonds. The first-order valence-corrected chi connectivity index (χ1v) is 8.25. The maximum atomic E-state index is 11.9. The van der Waals surface area contributed by atoms with Crippen LogP contribution in [0.1, 0.15) is 39.0 Å². The summed E-state index contributed by atoms with van der Waals surface area (Å²) >= 11 is 3.40. The molecule has 0 unspecified atom stereocenters. The molecule has 1 aliphatic carbocycles. The number of carbonyl (C=O) groups is 1. The van der Waals surface area contributed by atoms with Crippen LogP contribution in [0.15, 0.2) is 28.7 Å². The summed E-state index contributed by atoms with van der Waals surface area (Å²) in [5.41, 5.74) is 0.834. The minimum absolute atomic E-state index is 0.0284. The number of hydrogen-bond donors (Lipinski definition) is 2. The van der Waals surface area contributed by atoms with Gasteiger partial charge in [0.05, 0.1) is 6.54 Å². The predicted octanol–water partition coefficient (Wildman–Crippen LogP) is 3.95. The molecule has 0 heterocycles. The van der Waals surface area contributed by atoms with Gasteiger partial charge in [0.1, 0.15) is 0 Å². The molecule has 0 spiro atoms. The summed E-state index contributed by atoms with van der Waals surface area (Å²) in [7, 11) is 0. The molecule has 2 N–H and O–H groups in total. The first-order valence-electron chi connectivity index (χ1n) is 7.46. The second-order valence-electron chi connectivity index (χ2n) is 5.57. The highest BCUT2D eigenvalue weighted by Gasteiger charge is 2.19. The van der Waals surface area contributed by atoms with Gasteiger partial charge in [0.2, 0.25) is 5.91 Å². The molecule has 110 valence electrons. The number of halogens is 1. The van der Waals surface area contributed by atoms with Crippen molar-refractivity contribution in [3.63, 3.8) is 0 Å². The van der Waals surface area contributed by atoms with E-state index in [0.29, 0.717) is 12.6 Å². The number of hydrogen-bond acceptors (Lipinski definition) is 2. The average molecular weight is 339 g/mol. The highest BCUT2D eigenvalue weighted by molar-refractivity contribution is 9.10. The van der Waals surface area contributed by atoms with Crippen LogP contribution in [0.4, 0.5) is 5.69 Å². The van der Waals surface area contributed by atoms with Gasteiger partial charge in [-0.3, -0.25) is 4.79 Å². The second kappa shape index (κ2) is 7.79. The SMILES string of the molecule is CCC1CCC(NCC(=O)Nc2cccc(Br)c2)CC1. The number of carbonyl (C=O) groups excluding carboxylic acids is 1. The Bertz CT molecular complexity index is 442. The third kappa shape index (κ3) is 4.91. The summed E-state index contributed by atoms with van der Waals surface area (Å²) in [5.74, 6) is 0.921. The number of amides is 1. The topological polar surface area (TPSA) is 41.1 Å². The maximum absolute atomic E-state index is 11.9. The van der Waals surface area contributed by atoms with Crippen molar-refractivity contribution >= 4 is 27.5 Å². The van der Waals surface area contributed by atoms with Gasteiger partial charge in [-0.25, -0.2) is 0 Å². The van der Waals surface area contributed by atoms with E-state index in [-0.39, 0.29) is 5.91 Å². The fourth-order valence-electron chi connectivity index (χ4n) is 2.78. The van der Waals surface area contributed by atoms with Crippen LogP contribution in [0.2, 0.25) is 0 Å². The Morgan fingerprint density at radius 1 is 1.30 bits per heavy atom. The smallest absolute Gasteiger partial charge is 0.238 e. The molecular weight excluding hydrogens is 316 g/mol. The summed E-state index contributed by atoms with van der Waals surface area (Å²) in [6, 6.07) is 8.17. The summed E-state index contributed by atoms with van der Waals surface area (Å²) < 4.78 is 0.973. The normalized spacial score (nSPS) is 22.5. The van der Waals surface area contributed by atoms with Crippen LogP contribution < -0.4 is 10.6 Å². The van der Waals surface area contributed by atoms with Crippen molar-refractivity contribution in [2.45, 2.75) is 45.1 Å². The first-order chi connectivity index (χ1) is 9.67. The van der Waals surface area contributed by atoms with E-state index < -0.39 is 0 Å². The molecule has 0 radical (unpaired) electrons. The molecule has 1 saturated carbocycles. The van der Waals surface area contributed by atoms with Gasteiger partial charge >= 0.3 is 0 Å². The number of rotatable bonds is 5. The van der Waals surface area contributed by atoms with Crippen molar-refractivity contribution in [1.82, 2.24) is 5.32 Å². The highest BCUT2D eigenvalue weighted by Crippen LogP contribution is 2.26. The number of nitrogens with one attached hydrogen (secondary N) is 2. The number of anilines is 1. The third-order valence-electron chi connectivity index (χ3n) is 4.08. The van der Waals surface area contributed by atoms with Gasteiger partial charge in [-0.2, -0.15) is 0 Å². The Balaban J connectivity index is 1.70. The van der Waals surface area contributed by atoms with Crippen molar-refractivity contribution in [2.24, 2.45) is 5.92 Å². The van der Waals surface area contributed by atoms with E-state index in [0.717, 1.165) is 16.1 Å². The van der Waals surface area contributed by atoms with Crippen LogP contribution in [-0.4, -0.2) is 18.5 Å². The molecular formula is C16H23BrN2O. The minimum atomic E-state index is 0.0284. The number of benzene rings is 1. The van der Waals surface area contributed by atoms with Crippen molar-refractivity contribution in [2.75, 3.05) is 11.9 Å².